The Balaban J connectivity index is 0.000000578. The third-order valence-electron chi connectivity index (χ3n) is 3.75. The van der Waals surface area contributed by atoms with Crippen LogP contribution in [0, 0.1) is 0 Å². The van der Waals surface area contributed by atoms with Gasteiger partial charge in [0.05, 0.1) is 26.4 Å². The molecule has 0 fully saturated rings. The molecule has 3 atom stereocenters. The van der Waals surface area contributed by atoms with E-state index in [-0.39, 0.29) is 25.3 Å². The van der Waals surface area contributed by atoms with Gasteiger partial charge in [0.2, 0.25) is 0 Å². The molecule has 170 valence electrons. The van der Waals surface area contributed by atoms with Gasteiger partial charge in [-0.1, -0.05) is 30.3 Å². The van der Waals surface area contributed by atoms with Gasteiger partial charge in [0.1, 0.15) is 6.10 Å². The molecule has 0 saturated carbocycles. The van der Waals surface area contributed by atoms with Gasteiger partial charge in [0.25, 0.3) is 0 Å². The van der Waals surface area contributed by atoms with Crippen LogP contribution < -0.4 is 0 Å². The lowest BCUT2D eigenvalue weighted by atomic mass is 10.2. The molecule has 7 nitrogen and oxygen atoms in total. The molecule has 7 heteroatoms. The van der Waals surface area contributed by atoms with E-state index in [0.29, 0.717) is 39.6 Å². The van der Waals surface area contributed by atoms with Crippen LogP contribution in [0.25, 0.3) is 0 Å². The predicted octanol–water partition coefficient (Wildman–Crippen LogP) is 3.39. The van der Waals surface area contributed by atoms with Crippen molar-refractivity contribution in [2.75, 3.05) is 46.8 Å². The molecule has 0 spiro atoms. The minimum atomic E-state index is -0.257. The van der Waals surface area contributed by atoms with Gasteiger partial charge in [-0.3, -0.25) is 0 Å². The van der Waals surface area contributed by atoms with Gasteiger partial charge < -0.3 is 33.5 Å². The Labute approximate surface area is 176 Å². The van der Waals surface area contributed by atoms with E-state index in [1.165, 1.54) is 12.7 Å². The molecule has 0 aromatic heterocycles. The van der Waals surface area contributed by atoms with E-state index in [1.807, 2.05) is 45.9 Å². The van der Waals surface area contributed by atoms with Gasteiger partial charge >= 0.3 is 0 Å². The lowest BCUT2D eigenvalue weighted by molar-refractivity contribution is -0.151. The number of benzene rings is 1. The molecule has 1 rings (SSSR count). The van der Waals surface area contributed by atoms with E-state index < -0.39 is 0 Å². The molecule has 0 aliphatic rings. The zero-order chi connectivity index (χ0) is 21.7. The number of methoxy groups -OCH3 is 1. The highest BCUT2D eigenvalue weighted by molar-refractivity contribution is 5.13. The minimum Gasteiger partial charge on any atom is -0.394 e. The topological polar surface area (TPSA) is 75.6 Å². The second-order valence-electron chi connectivity index (χ2n) is 6.18. The monoisotopic (exact) mass is 416 g/mol. The van der Waals surface area contributed by atoms with Crippen LogP contribution in [0.15, 0.2) is 30.3 Å². The molecule has 1 N–H and O–H groups in total. The second kappa shape index (κ2) is 20.2. The average molecular weight is 417 g/mol. The summed E-state index contributed by atoms with van der Waals surface area (Å²) in [5, 5.41) is 8.72. The molecule has 0 aliphatic carbocycles. The van der Waals surface area contributed by atoms with Crippen molar-refractivity contribution in [1.82, 2.24) is 0 Å². The van der Waals surface area contributed by atoms with Crippen molar-refractivity contribution in [2.24, 2.45) is 0 Å². The molecule has 1 aromatic carbocycles. The fourth-order valence-electron chi connectivity index (χ4n) is 2.18. The third-order valence-corrected chi connectivity index (χ3v) is 3.75. The average Bonchev–Trinajstić information content (AvgIpc) is 2.73. The molecule has 0 heterocycles. The van der Waals surface area contributed by atoms with E-state index in [4.69, 9.17) is 33.5 Å². The van der Waals surface area contributed by atoms with Gasteiger partial charge in [-0.05, 0) is 39.7 Å². The van der Waals surface area contributed by atoms with Crippen molar-refractivity contribution < 1.29 is 33.5 Å². The van der Waals surface area contributed by atoms with E-state index in [2.05, 4.69) is 12.1 Å². The largest absolute Gasteiger partial charge is 0.394 e. The Hall–Kier alpha value is -1.06. The molecule has 0 aliphatic heterocycles. The number of rotatable bonds is 16. The first-order chi connectivity index (χ1) is 14.1. The van der Waals surface area contributed by atoms with Crippen molar-refractivity contribution in [1.29, 1.82) is 0 Å². The molecule has 0 bridgehead atoms. The van der Waals surface area contributed by atoms with Gasteiger partial charge in [0, 0.05) is 26.9 Å². The standard InChI is InChI=1S/C14H22O3.C8H18O4/c1-3-16-13(2)17-11-7-10-15-12-14-8-5-4-6-9-14;1-4-11-7(2)12-6-8(5-9)10-3/h4-6,8-9,13H,3,7,10-12H2,1-2H3;7-9H,4-6H2,1-3H3. The molecular formula is C22H40O7. The Morgan fingerprint density at radius 1 is 0.862 bits per heavy atom. The lowest BCUT2D eigenvalue weighted by Crippen LogP contribution is -2.26. The third kappa shape index (κ3) is 17.5. The van der Waals surface area contributed by atoms with Crippen LogP contribution in [0.4, 0.5) is 0 Å². The van der Waals surface area contributed by atoms with E-state index in [1.54, 1.807) is 0 Å². The summed E-state index contributed by atoms with van der Waals surface area (Å²) in [5.74, 6) is 0. The Bertz CT molecular complexity index is 440. The van der Waals surface area contributed by atoms with Crippen LogP contribution in [0.2, 0.25) is 0 Å². The first kappa shape index (κ1) is 27.9. The second-order valence-corrected chi connectivity index (χ2v) is 6.18. The minimum absolute atomic E-state index is 0.0324. The first-order valence-corrected chi connectivity index (χ1v) is 10.3. The van der Waals surface area contributed by atoms with E-state index in [9.17, 15) is 0 Å². The maximum atomic E-state index is 8.72. The SMILES string of the molecule is CCOC(C)OCC(CO)OC.CCOC(C)OCCCOCc1ccccc1. The summed E-state index contributed by atoms with van der Waals surface area (Å²) in [6.45, 7) is 11.3. The fraction of sp³-hybridized carbons (Fsp3) is 0.727. The normalized spacial score (nSPS) is 14.0. The zero-order valence-corrected chi connectivity index (χ0v) is 18.7. The van der Waals surface area contributed by atoms with E-state index in [0.717, 1.165) is 6.42 Å². The lowest BCUT2D eigenvalue weighted by Gasteiger charge is -2.16. The fourth-order valence-corrected chi connectivity index (χ4v) is 2.18. The summed E-state index contributed by atoms with van der Waals surface area (Å²) in [4.78, 5) is 0. The molecule has 0 radical (unpaired) electrons. The first-order valence-electron chi connectivity index (χ1n) is 10.3. The molecule has 0 saturated heterocycles. The summed E-state index contributed by atoms with van der Waals surface area (Å²) in [6, 6.07) is 10.2. The van der Waals surface area contributed by atoms with Crippen molar-refractivity contribution in [3.05, 3.63) is 35.9 Å². The number of aliphatic hydroxyl groups is 1. The Kier molecular flexibility index (Phi) is 19.5. The number of aliphatic hydroxyl groups excluding tert-OH is 1. The molecule has 29 heavy (non-hydrogen) atoms. The summed E-state index contributed by atoms with van der Waals surface area (Å²) < 4.78 is 31.5. The smallest absolute Gasteiger partial charge is 0.154 e. The van der Waals surface area contributed by atoms with Gasteiger partial charge in [-0.2, -0.15) is 0 Å². The van der Waals surface area contributed by atoms with E-state index >= 15 is 0 Å². The molecular weight excluding hydrogens is 376 g/mol. The Morgan fingerprint density at radius 3 is 2.03 bits per heavy atom. The summed E-state index contributed by atoms with van der Waals surface area (Å²) >= 11 is 0. The van der Waals surface area contributed by atoms with Crippen LogP contribution in [-0.2, 0) is 35.0 Å². The Morgan fingerprint density at radius 2 is 1.48 bits per heavy atom. The quantitative estimate of drug-likeness (QED) is 0.327. The number of hydrogen-bond donors (Lipinski definition) is 1. The van der Waals surface area contributed by atoms with Crippen LogP contribution in [0.1, 0.15) is 39.7 Å². The van der Waals surface area contributed by atoms with Gasteiger partial charge in [-0.15, -0.1) is 0 Å². The maximum absolute atomic E-state index is 8.72. The van der Waals surface area contributed by atoms with Gasteiger partial charge in [0.15, 0.2) is 12.6 Å². The van der Waals surface area contributed by atoms with Crippen molar-refractivity contribution in [3.63, 3.8) is 0 Å². The summed E-state index contributed by atoms with van der Waals surface area (Å²) in [7, 11) is 1.54. The highest BCUT2D eigenvalue weighted by atomic mass is 16.7. The highest BCUT2D eigenvalue weighted by Gasteiger charge is 2.08. The number of ether oxygens (including phenoxy) is 6. The summed E-state index contributed by atoms with van der Waals surface area (Å²) in [5.41, 5.74) is 1.20. The maximum Gasteiger partial charge on any atom is 0.154 e. The van der Waals surface area contributed by atoms with Crippen LogP contribution >= 0.6 is 0 Å². The van der Waals surface area contributed by atoms with Crippen molar-refractivity contribution >= 4 is 0 Å². The van der Waals surface area contributed by atoms with Crippen molar-refractivity contribution in [3.8, 4) is 0 Å². The summed E-state index contributed by atoms with van der Waals surface area (Å²) in [6.07, 6.45) is 0.283. The number of hydrogen-bond acceptors (Lipinski definition) is 7. The molecule has 1 aromatic rings. The van der Waals surface area contributed by atoms with Crippen LogP contribution in [-0.4, -0.2) is 70.5 Å². The molecule has 3 unspecified atom stereocenters. The van der Waals surface area contributed by atoms with Crippen LogP contribution in [0.3, 0.4) is 0 Å². The zero-order valence-electron chi connectivity index (χ0n) is 18.7. The highest BCUT2D eigenvalue weighted by Crippen LogP contribution is 2.01. The van der Waals surface area contributed by atoms with Crippen LogP contribution in [0.5, 0.6) is 0 Å². The molecule has 0 amide bonds. The van der Waals surface area contributed by atoms with Gasteiger partial charge in [-0.25, -0.2) is 0 Å². The van der Waals surface area contributed by atoms with Crippen molar-refractivity contribution in [2.45, 2.75) is 59.4 Å². The predicted molar refractivity (Wildman–Crippen MR) is 113 cm³/mol.